The van der Waals surface area contributed by atoms with Gasteiger partial charge in [-0.3, -0.25) is 9.80 Å². The zero-order valence-electron chi connectivity index (χ0n) is 27.5. The number of morpholine rings is 2. The van der Waals surface area contributed by atoms with Crippen molar-refractivity contribution in [3.63, 3.8) is 0 Å². The predicted octanol–water partition coefficient (Wildman–Crippen LogP) is 6.74. The van der Waals surface area contributed by atoms with Crippen LogP contribution in [0, 0.1) is 0 Å². The largest absolute Gasteiger partial charge is 0.444 e. The van der Waals surface area contributed by atoms with E-state index in [1.807, 2.05) is 90.1 Å². The number of aliphatic hydroxyl groups excluding tert-OH is 1. The number of carbonyl (C=O) groups excluding carboxylic acids is 2. The summed E-state index contributed by atoms with van der Waals surface area (Å²) in [4.78, 5) is 28.1. The van der Waals surface area contributed by atoms with Crippen LogP contribution in [0.1, 0.15) is 52.7 Å². The molecule has 0 unspecified atom stereocenters. The van der Waals surface area contributed by atoms with Crippen molar-refractivity contribution in [3.8, 4) is 0 Å². The molecular weight excluding hydrogens is 638 g/mol. The van der Waals surface area contributed by atoms with E-state index < -0.39 is 30.1 Å². The molecule has 2 aromatic rings. The van der Waals surface area contributed by atoms with Crippen molar-refractivity contribution in [2.24, 2.45) is 0 Å². The molecule has 0 radical (unpaired) electrons. The summed E-state index contributed by atoms with van der Waals surface area (Å²) in [5.41, 5.74) is 0.953. The number of halogens is 3. The number of hydrogen-bond donors (Lipinski definition) is 1. The Bertz CT molecular complexity index is 1150. The quantitative estimate of drug-likeness (QED) is 0.360. The molecule has 2 saturated heterocycles. The molecule has 46 heavy (non-hydrogen) atoms. The molecule has 256 valence electrons. The van der Waals surface area contributed by atoms with E-state index in [0.717, 1.165) is 11.1 Å². The lowest BCUT2D eigenvalue weighted by molar-refractivity contribution is -0.0843. The fourth-order valence-corrected chi connectivity index (χ4v) is 5.18. The van der Waals surface area contributed by atoms with Crippen LogP contribution in [0.2, 0.25) is 10.0 Å². The van der Waals surface area contributed by atoms with Crippen LogP contribution in [0.25, 0.3) is 0 Å². The Kier molecular flexibility index (Phi) is 14.0. The molecular formula is C34H47Cl2FN2O7. The molecule has 9 nitrogen and oxygen atoms in total. The summed E-state index contributed by atoms with van der Waals surface area (Å²) in [6, 6.07) is 14.7. The molecule has 0 spiro atoms. The summed E-state index contributed by atoms with van der Waals surface area (Å²) in [6.45, 7) is 11.4. The maximum Gasteiger partial charge on any atom is 0.410 e. The van der Waals surface area contributed by atoms with Gasteiger partial charge in [-0.1, -0.05) is 47.5 Å². The maximum atomic E-state index is 12.9. The summed E-state index contributed by atoms with van der Waals surface area (Å²) in [5, 5.41) is 10.7. The molecule has 4 atom stereocenters. The van der Waals surface area contributed by atoms with Crippen molar-refractivity contribution in [2.45, 2.75) is 89.9 Å². The van der Waals surface area contributed by atoms with Gasteiger partial charge in [-0.2, -0.15) is 0 Å². The van der Waals surface area contributed by atoms with Gasteiger partial charge in [-0.05, 0) is 89.8 Å². The Labute approximate surface area is 281 Å². The van der Waals surface area contributed by atoms with Crippen LogP contribution < -0.4 is 0 Å². The minimum atomic E-state index is -0.618. The first-order valence-electron chi connectivity index (χ1n) is 15.4. The van der Waals surface area contributed by atoms with Crippen LogP contribution in [0.3, 0.4) is 0 Å². The second-order valence-electron chi connectivity index (χ2n) is 13.5. The Morgan fingerprint density at radius 1 is 0.761 bits per heavy atom. The molecule has 2 aliphatic heterocycles. The van der Waals surface area contributed by atoms with Crippen molar-refractivity contribution >= 4 is 35.4 Å². The molecule has 2 heterocycles. The first-order chi connectivity index (χ1) is 21.6. The number of alkyl halides is 1. The van der Waals surface area contributed by atoms with Gasteiger partial charge in [0.15, 0.2) is 0 Å². The third-order valence-corrected chi connectivity index (χ3v) is 7.64. The first-order valence-corrected chi connectivity index (χ1v) is 16.2. The van der Waals surface area contributed by atoms with Crippen molar-refractivity contribution in [2.75, 3.05) is 39.6 Å². The second-order valence-corrected chi connectivity index (χ2v) is 14.4. The summed E-state index contributed by atoms with van der Waals surface area (Å²) in [7, 11) is 0. The van der Waals surface area contributed by atoms with E-state index in [1.54, 1.807) is 9.80 Å². The standard InChI is InChI=1S/C17H23ClFNO3.C17H24ClNO4/c1-17(2,3)23-16(21)20-10-15(9-19)22-11-14(20)8-12-4-6-13(18)7-5-12;1-17(2,3)23-16(21)19-9-15(10-20)22-11-14(19)8-12-4-6-13(18)7-5-12/h4-7,14-15H,8-11H2,1-3H3;4-7,14-15,20H,8-11H2,1-3H3/t14-,15-;14-,15+/m00/s1. The van der Waals surface area contributed by atoms with E-state index in [1.165, 1.54) is 0 Å². The van der Waals surface area contributed by atoms with Crippen LogP contribution in [-0.2, 0) is 31.8 Å². The number of nitrogens with zero attached hydrogens (tertiary/aromatic N) is 2. The lowest BCUT2D eigenvalue weighted by Crippen LogP contribution is -2.55. The van der Waals surface area contributed by atoms with E-state index in [-0.39, 0.29) is 44.0 Å². The number of benzene rings is 2. The van der Waals surface area contributed by atoms with Crippen molar-refractivity contribution in [1.82, 2.24) is 9.80 Å². The van der Waals surface area contributed by atoms with Crippen LogP contribution >= 0.6 is 23.2 Å². The van der Waals surface area contributed by atoms with Gasteiger partial charge in [-0.25, -0.2) is 14.0 Å². The van der Waals surface area contributed by atoms with Crippen molar-refractivity contribution < 1.29 is 38.0 Å². The number of carbonyl (C=O) groups is 2. The van der Waals surface area contributed by atoms with Gasteiger partial charge in [0.25, 0.3) is 0 Å². The van der Waals surface area contributed by atoms with Crippen LogP contribution in [-0.4, -0.2) is 102 Å². The van der Waals surface area contributed by atoms with Crippen molar-refractivity contribution in [3.05, 3.63) is 69.7 Å². The molecule has 2 aliphatic rings. The molecule has 1 N–H and O–H groups in total. The minimum Gasteiger partial charge on any atom is -0.444 e. The SMILES string of the molecule is CC(C)(C)OC(=O)N1C[C@H](CF)OC[C@@H]1Cc1ccc(Cl)cc1.CC(C)(C)OC(=O)N1C[C@H](CO)OC[C@@H]1Cc1ccc(Cl)cc1. The normalized spacial score (nSPS) is 22.0. The zero-order valence-corrected chi connectivity index (χ0v) is 29.0. The zero-order chi connectivity index (χ0) is 34.1. The first kappa shape index (κ1) is 37.8. The van der Waals surface area contributed by atoms with Gasteiger partial charge in [-0.15, -0.1) is 0 Å². The molecule has 2 amide bonds. The highest BCUT2D eigenvalue weighted by Gasteiger charge is 2.36. The lowest BCUT2D eigenvalue weighted by Gasteiger charge is -2.39. The summed E-state index contributed by atoms with van der Waals surface area (Å²) in [6.07, 6.45) is -0.520. The number of aliphatic hydroxyl groups is 1. The smallest absolute Gasteiger partial charge is 0.410 e. The highest BCUT2D eigenvalue weighted by Crippen LogP contribution is 2.23. The number of ether oxygens (including phenoxy) is 4. The molecule has 2 fully saturated rings. The van der Waals surface area contributed by atoms with E-state index >= 15 is 0 Å². The average Bonchev–Trinajstić information content (AvgIpc) is 2.98. The molecule has 0 aromatic heterocycles. The molecule has 0 bridgehead atoms. The molecule has 2 aromatic carbocycles. The average molecular weight is 686 g/mol. The van der Waals surface area contributed by atoms with Gasteiger partial charge in [0.1, 0.15) is 24.0 Å². The fourth-order valence-electron chi connectivity index (χ4n) is 4.93. The van der Waals surface area contributed by atoms with E-state index in [4.69, 9.17) is 42.1 Å². The Morgan fingerprint density at radius 2 is 1.13 bits per heavy atom. The van der Waals surface area contributed by atoms with Crippen molar-refractivity contribution in [1.29, 1.82) is 0 Å². The third-order valence-electron chi connectivity index (χ3n) is 7.13. The third kappa shape index (κ3) is 12.5. The monoisotopic (exact) mass is 684 g/mol. The van der Waals surface area contributed by atoms with Gasteiger partial charge in [0.05, 0.1) is 51.1 Å². The number of amides is 2. The summed E-state index contributed by atoms with van der Waals surface area (Å²) >= 11 is 11.8. The highest BCUT2D eigenvalue weighted by atomic mass is 35.5. The van der Waals surface area contributed by atoms with Gasteiger partial charge in [0, 0.05) is 10.0 Å². The number of rotatable bonds is 6. The number of hydrogen-bond acceptors (Lipinski definition) is 7. The van der Waals surface area contributed by atoms with Crippen LogP contribution in [0.15, 0.2) is 48.5 Å². The highest BCUT2D eigenvalue weighted by molar-refractivity contribution is 6.30. The maximum absolute atomic E-state index is 12.9. The van der Waals surface area contributed by atoms with Gasteiger partial charge in [0.2, 0.25) is 0 Å². The second kappa shape index (κ2) is 17.0. The topological polar surface area (TPSA) is 97.8 Å². The van der Waals surface area contributed by atoms with Crippen LogP contribution in [0.4, 0.5) is 14.0 Å². The van der Waals surface area contributed by atoms with Crippen LogP contribution in [0.5, 0.6) is 0 Å². The molecule has 12 heteroatoms. The lowest BCUT2D eigenvalue weighted by atomic mass is 10.0. The van der Waals surface area contributed by atoms with E-state index in [9.17, 15) is 19.1 Å². The predicted molar refractivity (Wildman–Crippen MR) is 176 cm³/mol. The van der Waals surface area contributed by atoms with E-state index in [2.05, 4.69) is 0 Å². The van der Waals surface area contributed by atoms with Gasteiger partial charge >= 0.3 is 12.2 Å². The summed E-state index contributed by atoms with van der Waals surface area (Å²) in [5.74, 6) is 0. The summed E-state index contributed by atoms with van der Waals surface area (Å²) < 4.78 is 35.0. The van der Waals surface area contributed by atoms with Gasteiger partial charge < -0.3 is 24.1 Å². The molecule has 0 aliphatic carbocycles. The Morgan fingerprint density at radius 3 is 1.48 bits per heavy atom. The minimum absolute atomic E-state index is 0.118. The van der Waals surface area contributed by atoms with E-state index in [0.29, 0.717) is 36.0 Å². The Balaban J connectivity index is 0.000000250. The Hall–Kier alpha value is -2.63. The fraction of sp³-hybridized carbons (Fsp3) is 0.588. The molecule has 4 rings (SSSR count). The molecule has 0 saturated carbocycles.